The zero-order valence-corrected chi connectivity index (χ0v) is 15.4. The predicted molar refractivity (Wildman–Crippen MR) is 101 cm³/mol. The molecule has 2 rings (SSSR count). The Morgan fingerprint density at radius 1 is 1.32 bits per heavy atom. The number of hydrogen-bond donors (Lipinski definition) is 2. The summed E-state index contributed by atoms with van der Waals surface area (Å²) in [5.74, 6) is -0.435. The lowest BCUT2D eigenvalue weighted by atomic mass is 10.2. The zero-order valence-electron chi connectivity index (χ0n) is 14.6. The topological polar surface area (TPSA) is 88.3 Å². The maximum absolute atomic E-state index is 12.7. The van der Waals surface area contributed by atoms with Crippen molar-refractivity contribution in [1.82, 2.24) is 9.88 Å². The summed E-state index contributed by atoms with van der Waals surface area (Å²) in [6, 6.07) is 7.56. The summed E-state index contributed by atoms with van der Waals surface area (Å²) in [6.45, 7) is 4.91. The van der Waals surface area contributed by atoms with E-state index >= 15 is 0 Å². The lowest BCUT2D eigenvalue weighted by Crippen LogP contribution is -2.38. The van der Waals surface area contributed by atoms with Gasteiger partial charge < -0.3 is 16.0 Å². The normalized spacial score (nSPS) is 10.5. The van der Waals surface area contributed by atoms with Crippen LogP contribution in [0.1, 0.15) is 34.4 Å². The van der Waals surface area contributed by atoms with E-state index in [1.165, 1.54) is 16.2 Å². The van der Waals surface area contributed by atoms with E-state index in [2.05, 4.69) is 10.3 Å². The third kappa shape index (κ3) is 5.37. The Hall–Kier alpha value is -2.25. The molecule has 0 radical (unpaired) electrons. The van der Waals surface area contributed by atoms with Crippen LogP contribution >= 0.6 is 11.3 Å². The van der Waals surface area contributed by atoms with E-state index in [1.807, 2.05) is 38.1 Å². The largest absolute Gasteiger partial charge is 0.330 e. The van der Waals surface area contributed by atoms with Crippen molar-refractivity contribution in [3.63, 3.8) is 0 Å². The Labute approximate surface area is 152 Å². The number of aryl methyl sites for hydroxylation is 1. The van der Waals surface area contributed by atoms with E-state index < -0.39 is 0 Å². The van der Waals surface area contributed by atoms with E-state index in [9.17, 15) is 9.59 Å². The summed E-state index contributed by atoms with van der Waals surface area (Å²) in [6.07, 6.45) is 1.42. The average Bonchev–Trinajstić information content (AvgIpc) is 3.05. The molecule has 6 nitrogen and oxygen atoms in total. The number of aromatic nitrogens is 1. The van der Waals surface area contributed by atoms with Gasteiger partial charge in [0.15, 0.2) is 0 Å². The van der Waals surface area contributed by atoms with Crippen LogP contribution in [-0.2, 0) is 11.2 Å². The number of nitrogens with two attached hydrogens (primary N) is 1. The van der Waals surface area contributed by atoms with E-state index in [1.54, 1.807) is 5.38 Å². The second-order valence-corrected chi connectivity index (χ2v) is 6.70. The third-order valence-electron chi connectivity index (χ3n) is 3.66. The van der Waals surface area contributed by atoms with Gasteiger partial charge in [-0.1, -0.05) is 25.1 Å². The molecule has 2 amide bonds. The number of carbonyl (C=O) groups is 2. The van der Waals surface area contributed by atoms with Gasteiger partial charge in [0.1, 0.15) is 12.2 Å². The van der Waals surface area contributed by atoms with Crippen LogP contribution in [0, 0.1) is 6.92 Å². The quantitative estimate of drug-likeness (QED) is 0.757. The van der Waals surface area contributed by atoms with Crippen LogP contribution in [0.25, 0.3) is 0 Å². The maximum Gasteiger partial charge on any atom is 0.273 e. The Morgan fingerprint density at radius 2 is 2.08 bits per heavy atom. The van der Waals surface area contributed by atoms with Crippen molar-refractivity contribution in [1.29, 1.82) is 0 Å². The molecule has 3 N–H and O–H groups in total. The predicted octanol–water partition coefficient (Wildman–Crippen LogP) is 2.44. The second-order valence-electron chi connectivity index (χ2n) is 5.75. The minimum Gasteiger partial charge on any atom is -0.330 e. The standard InChI is InChI=1S/C18H24N4O2S/c1-3-10-22(18(24)15-12-25-17(21-15)8-9-19)11-16(23)20-14-7-5-4-6-13(14)2/h4-7,12H,3,8-11,19H2,1-2H3,(H,20,23). The summed E-state index contributed by atoms with van der Waals surface area (Å²) in [4.78, 5) is 30.9. The van der Waals surface area contributed by atoms with Crippen LogP contribution in [0.2, 0.25) is 0 Å². The van der Waals surface area contributed by atoms with Gasteiger partial charge in [-0.15, -0.1) is 11.3 Å². The van der Waals surface area contributed by atoms with Crippen LogP contribution in [-0.4, -0.2) is 41.3 Å². The van der Waals surface area contributed by atoms with Gasteiger partial charge in [0.2, 0.25) is 5.91 Å². The Bertz CT molecular complexity index is 729. The maximum atomic E-state index is 12.7. The highest BCUT2D eigenvalue weighted by molar-refractivity contribution is 7.09. The molecule has 0 saturated heterocycles. The van der Waals surface area contributed by atoms with E-state index in [0.717, 1.165) is 22.7 Å². The molecule has 1 aromatic carbocycles. The van der Waals surface area contributed by atoms with Crippen molar-refractivity contribution in [2.45, 2.75) is 26.7 Å². The summed E-state index contributed by atoms with van der Waals surface area (Å²) < 4.78 is 0. The van der Waals surface area contributed by atoms with Gasteiger partial charge >= 0.3 is 0 Å². The Balaban J connectivity index is 2.04. The first-order valence-corrected chi connectivity index (χ1v) is 9.22. The third-order valence-corrected chi connectivity index (χ3v) is 4.57. The number of carbonyl (C=O) groups excluding carboxylic acids is 2. The highest BCUT2D eigenvalue weighted by Crippen LogP contribution is 2.15. The van der Waals surface area contributed by atoms with Crippen molar-refractivity contribution in [3.05, 3.63) is 45.9 Å². The van der Waals surface area contributed by atoms with Crippen molar-refractivity contribution >= 4 is 28.8 Å². The highest BCUT2D eigenvalue weighted by atomic mass is 32.1. The average molecular weight is 360 g/mol. The number of benzene rings is 1. The number of amides is 2. The minimum atomic E-state index is -0.221. The molecule has 0 spiro atoms. The number of nitrogens with one attached hydrogen (secondary N) is 1. The molecule has 0 aliphatic carbocycles. The summed E-state index contributed by atoms with van der Waals surface area (Å²) >= 11 is 1.42. The van der Waals surface area contributed by atoms with E-state index in [-0.39, 0.29) is 18.4 Å². The fourth-order valence-electron chi connectivity index (χ4n) is 2.41. The van der Waals surface area contributed by atoms with Gasteiger partial charge in [0.25, 0.3) is 5.91 Å². The SMILES string of the molecule is CCCN(CC(=O)Nc1ccccc1C)C(=O)c1csc(CCN)n1. The lowest BCUT2D eigenvalue weighted by molar-refractivity contribution is -0.116. The van der Waals surface area contributed by atoms with Crippen LogP contribution in [0.5, 0.6) is 0 Å². The van der Waals surface area contributed by atoms with Crippen LogP contribution in [0.3, 0.4) is 0 Å². The molecule has 25 heavy (non-hydrogen) atoms. The molecule has 0 atom stereocenters. The molecule has 0 bridgehead atoms. The molecule has 0 saturated carbocycles. The molecular weight excluding hydrogens is 336 g/mol. The summed E-state index contributed by atoms with van der Waals surface area (Å²) in [5, 5.41) is 5.43. The Morgan fingerprint density at radius 3 is 2.76 bits per heavy atom. The van der Waals surface area contributed by atoms with Crippen molar-refractivity contribution in [2.75, 3.05) is 25.0 Å². The molecule has 0 fully saturated rings. The molecule has 1 heterocycles. The monoisotopic (exact) mass is 360 g/mol. The van der Waals surface area contributed by atoms with E-state index in [4.69, 9.17) is 5.73 Å². The first kappa shape index (κ1) is 19.1. The van der Waals surface area contributed by atoms with Gasteiger partial charge in [0.05, 0.1) is 5.01 Å². The Kier molecular flexibility index (Phi) is 7.09. The number of rotatable bonds is 8. The van der Waals surface area contributed by atoms with Gasteiger partial charge in [-0.3, -0.25) is 9.59 Å². The minimum absolute atomic E-state index is 0.00472. The number of para-hydroxylation sites is 1. The fourth-order valence-corrected chi connectivity index (χ4v) is 3.20. The first-order chi connectivity index (χ1) is 12.0. The first-order valence-electron chi connectivity index (χ1n) is 8.34. The highest BCUT2D eigenvalue weighted by Gasteiger charge is 2.21. The zero-order chi connectivity index (χ0) is 18.2. The number of hydrogen-bond acceptors (Lipinski definition) is 5. The molecule has 134 valence electrons. The summed E-state index contributed by atoms with van der Waals surface area (Å²) in [7, 11) is 0. The second kappa shape index (κ2) is 9.29. The fraction of sp³-hybridized carbons (Fsp3) is 0.389. The van der Waals surface area contributed by atoms with Gasteiger partial charge in [-0.25, -0.2) is 4.98 Å². The molecular formula is C18H24N4O2S. The van der Waals surface area contributed by atoms with Gasteiger partial charge in [-0.2, -0.15) is 0 Å². The van der Waals surface area contributed by atoms with Crippen molar-refractivity contribution in [2.24, 2.45) is 5.73 Å². The smallest absolute Gasteiger partial charge is 0.273 e. The number of anilines is 1. The van der Waals surface area contributed by atoms with Crippen LogP contribution < -0.4 is 11.1 Å². The summed E-state index contributed by atoms with van der Waals surface area (Å²) in [5.41, 5.74) is 7.64. The van der Waals surface area contributed by atoms with Crippen molar-refractivity contribution in [3.8, 4) is 0 Å². The lowest BCUT2D eigenvalue weighted by Gasteiger charge is -2.21. The number of nitrogens with zero attached hydrogens (tertiary/aromatic N) is 2. The van der Waals surface area contributed by atoms with Gasteiger partial charge in [-0.05, 0) is 31.5 Å². The molecule has 7 heteroatoms. The molecule has 1 aromatic heterocycles. The van der Waals surface area contributed by atoms with E-state index in [0.29, 0.717) is 25.2 Å². The van der Waals surface area contributed by atoms with Gasteiger partial charge in [0, 0.05) is 24.0 Å². The molecule has 0 aliphatic rings. The molecule has 0 unspecified atom stereocenters. The van der Waals surface area contributed by atoms with Crippen molar-refractivity contribution < 1.29 is 9.59 Å². The van der Waals surface area contributed by atoms with Crippen LogP contribution in [0.15, 0.2) is 29.6 Å². The molecule has 2 aromatic rings. The number of thiazole rings is 1. The molecule has 0 aliphatic heterocycles. The van der Waals surface area contributed by atoms with Crippen LogP contribution in [0.4, 0.5) is 5.69 Å².